The van der Waals surface area contributed by atoms with Gasteiger partial charge in [-0.25, -0.2) is 0 Å². The molecular weight excluding hydrogens is 344 g/mol. The van der Waals surface area contributed by atoms with Crippen LogP contribution in [0, 0.1) is 5.41 Å². The van der Waals surface area contributed by atoms with Gasteiger partial charge in [-0.1, -0.05) is 26.0 Å². The van der Waals surface area contributed by atoms with Crippen LogP contribution in [-0.4, -0.2) is 34.5 Å². The van der Waals surface area contributed by atoms with Crippen LogP contribution in [0.15, 0.2) is 30.3 Å². The third kappa shape index (κ3) is 4.20. The molecule has 27 heavy (non-hydrogen) atoms. The lowest BCUT2D eigenvalue weighted by Crippen LogP contribution is -2.26. The van der Waals surface area contributed by atoms with Crippen molar-refractivity contribution in [1.82, 2.24) is 0 Å². The third-order valence-electron chi connectivity index (χ3n) is 4.67. The average Bonchev–Trinajstić information content (AvgIpc) is 3.13. The van der Waals surface area contributed by atoms with E-state index in [0.717, 1.165) is 11.1 Å². The quantitative estimate of drug-likeness (QED) is 0.685. The molecule has 0 saturated carbocycles. The molecule has 0 fully saturated rings. The standard InChI is InChI=1S/C22H28O5/c1-22(2,13-23-3)14-27-20-18(8-9-19(24-4)21(20)25-5)15-6-7-16-11-26-12-17(16)10-15/h6-10H,11-14H2,1-5H3. The fourth-order valence-electron chi connectivity index (χ4n) is 3.31. The van der Waals surface area contributed by atoms with Gasteiger partial charge in [0.1, 0.15) is 0 Å². The van der Waals surface area contributed by atoms with Crippen molar-refractivity contribution < 1.29 is 23.7 Å². The minimum absolute atomic E-state index is 0.133. The molecule has 1 heterocycles. The summed E-state index contributed by atoms with van der Waals surface area (Å²) in [5.74, 6) is 1.92. The molecule has 5 heteroatoms. The molecule has 0 aromatic heterocycles. The predicted molar refractivity (Wildman–Crippen MR) is 105 cm³/mol. The van der Waals surface area contributed by atoms with Crippen LogP contribution >= 0.6 is 0 Å². The number of hydrogen-bond acceptors (Lipinski definition) is 5. The maximum absolute atomic E-state index is 6.28. The maximum atomic E-state index is 6.28. The Morgan fingerprint density at radius 2 is 1.67 bits per heavy atom. The van der Waals surface area contributed by atoms with Crippen molar-refractivity contribution in [2.75, 3.05) is 34.5 Å². The van der Waals surface area contributed by atoms with Crippen LogP contribution in [0.4, 0.5) is 0 Å². The van der Waals surface area contributed by atoms with Gasteiger partial charge in [0.15, 0.2) is 11.5 Å². The first-order chi connectivity index (χ1) is 13.0. The van der Waals surface area contributed by atoms with E-state index in [0.29, 0.717) is 43.7 Å². The van der Waals surface area contributed by atoms with Gasteiger partial charge < -0.3 is 23.7 Å². The molecule has 0 amide bonds. The van der Waals surface area contributed by atoms with Crippen LogP contribution in [0.25, 0.3) is 11.1 Å². The van der Waals surface area contributed by atoms with Gasteiger partial charge in [-0.15, -0.1) is 0 Å². The predicted octanol–water partition coefficient (Wildman–Crippen LogP) is 4.45. The van der Waals surface area contributed by atoms with E-state index in [1.165, 1.54) is 11.1 Å². The molecule has 0 saturated heterocycles. The molecule has 146 valence electrons. The fraction of sp³-hybridized carbons (Fsp3) is 0.455. The second-order valence-electron chi connectivity index (χ2n) is 7.54. The summed E-state index contributed by atoms with van der Waals surface area (Å²) in [5.41, 5.74) is 4.36. The molecule has 2 aromatic rings. The molecule has 5 nitrogen and oxygen atoms in total. The maximum Gasteiger partial charge on any atom is 0.203 e. The molecule has 0 unspecified atom stereocenters. The highest BCUT2D eigenvalue weighted by atomic mass is 16.5. The summed E-state index contributed by atoms with van der Waals surface area (Å²) in [7, 11) is 4.96. The van der Waals surface area contributed by atoms with Crippen molar-refractivity contribution in [3.05, 3.63) is 41.5 Å². The number of hydrogen-bond donors (Lipinski definition) is 0. The Morgan fingerprint density at radius 1 is 0.889 bits per heavy atom. The van der Waals surface area contributed by atoms with Crippen molar-refractivity contribution in [3.63, 3.8) is 0 Å². The Balaban J connectivity index is 2.02. The van der Waals surface area contributed by atoms with Gasteiger partial charge in [0.25, 0.3) is 0 Å². The summed E-state index contributed by atoms with van der Waals surface area (Å²) in [6, 6.07) is 10.3. The molecule has 0 bridgehead atoms. The molecule has 0 N–H and O–H groups in total. The van der Waals surface area contributed by atoms with Gasteiger partial charge in [-0.3, -0.25) is 0 Å². The zero-order valence-electron chi connectivity index (χ0n) is 16.8. The Hall–Kier alpha value is -2.24. The zero-order valence-corrected chi connectivity index (χ0v) is 16.8. The number of benzene rings is 2. The van der Waals surface area contributed by atoms with Crippen molar-refractivity contribution in [2.45, 2.75) is 27.1 Å². The van der Waals surface area contributed by atoms with E-state index in [9.17, 15) is 0 Å². The average molecular weight is 372 g/mol. The van der Waals surface area contributed by atoms with Gasteiger partial charge in [-0.05, 0) is 34.9 Å². The van der Waals surface area contributed by atoms with Crippen LogP contribution < -0.4 is 14.2 Å². The smallest absolute Gasteiger partial charge is 0.203 e. The molecule has 1 aliphatic heterocycles. The summed E-state index contributed by atoms with van der Waals surface area (Å²) >= 11 is 0. The zero-order chi connectivity index (χ0) is 19.4. The van der Waals surface area contributed by atoms with E-state index < -0.39 is 0 Å². The van der Waals surface area contributed by atoms with Gasteiger partial charge in [-0.2, -0.15) is 0 Å². The first kappa shape index (κ1) is 19.5. The molecule has 0 aliphatic carbocycles. The minimum Gasteiger partial charge on any atom is -0.493 e. The van der Waals surface area contributed by atoms with Crippen LogP contribution in [0.3, 0.4) is 0 Å². The van der Waals surface area contributed by atoms with Crippen molar-refractivity contribution >= 4 is 0 Å². The minimum atomic E-state index is -0.133. The van der Waals surface area contributed by atoms with E-state index >= 15 is 0 Å². The van der Waals surface area contributed by atoms with Crippen molar-refractivity contribution in [2.24, 2.45) is 5.41 Å². The largest absolute Gasteiger partial charge is 0.493 e. The second kappa shape index (κ2) is 8.19. The summed E-state index contributed by atoms with van der Waals surface area (Å²) in [6.07, 6.45) is 0. The number of rotatable bonds is 8. The molecule has 3 rings (SSSR count). The second-order valence-corrected chi connectivity index (χ2v) is 7.54. The number of ether oxygens (including phenoxy) is 5. The number of fused-ring (bicyclic) bond motifs is 1. The summed E-state index contributed by atoms with van der Waals surface area (Å²) < 4.78 is 28.2. The van der Waals surface area contributed by atoms with E-state index in [-0.39, 0.29) is 5.41 Å². The lowest BCUT2D eigenvalue weighted by Gasteiger charge is -2.26. The monoisotopic (exact) mass is 372 g/mol. The highest BCUT2D eigenvalue weighted by molar-refractivity contribution is 5.77. The Morgan fingerprint density at radius 3 is 2.37 bits per heavy atom. The molecular formula is C22H28O5. The normalized spacial score (nSPS) is 13.4. The lowest BCUT2D eigenvalue weighted by atomic mass is 9.96. The Labute approximate surface area is 161 Å². The lowest BCUT2D eigenvalue weighted by molar-refractivity contribution is 0.0635. The number of methoxy groups -OCH3 is 3. The summed E-state index contributed by atoms with van der Waals surface area (Å²) in [5, 5.41) is 0. The van der Waals surface area contributed by atoms with Crippen LogP contribution in [0.5, 0.6) is 17.2 Å². The fourth-order valence-corrected chi connectivity index (χ4v) is 3.31. The van der Waals surface area contributed by atoms with Crippen molar-refractivity contribution in [3.8, 4) is 28.4 Å². The van der Waals surface area contributed by atoms with Gasteiger partial charge in [0, 0.05) is 18.1 Å². The van der Waals surface area contributed by atoms with Crippen LogP contribution in [0.2, 0.25) is 0 Å². The molecule has 1 aliphatic rings. The van der Waals surface area contributed by atoms with E-state index in [1.807, 2.05) is 12.1 Å². The van der Waals surface area contributed by atoms with Gasteiger partial charge in [0.05, 0.1) is 40.6 Å². The Bertz CT molecular complexity index is 798. The van der Waals surface area contributed by atoms with E-state index in [2.05, 4.69) is 32.0 Å². The molecule has 0 spiro atoms. The SMILES string of the molecule is COCC(C)(C)COc1c(-c2ccc3c(c2)COC3)ccc(OC)c1OC. The highest BCUT2D eigenvalue weighted by Gasteiger charge is 2.24. The van der Waals surface area contributed by atoms with E-state index in [1.54, 1.807) is 21.3 Å². The first-order valence-corrected chi connectivity index (χ1v) is 9.05. The topological polar surface area (TPSA) is 46.2 Å². The summed E-state index contributed by atoms with van der Waals surface area (Å²) in [6.45, 7) is 6.63. The van der Waals surface area contributed by atoms with Crippen molar-refractivity contribution in [1.29, 1.82) is 0 Å². The molecule has 2 aromatic carbocycles. The third-order valence-corrected chi connectivity index (χ3v) is 4.67. The first-order valence-electron chi connectivity index (χ1n) is 9.05. The Kier molecular flexibility index (Phi) is 5.92. The van der Waals surface area contributed by atoms with Gasteiger partial charge in [0.2, 0.25) is 5.75 Å². The van der Waals surface area contributed by atoms with E-state index in [4.69, 9.17) is 23.7 Å². The van der Waals surface area contributed by atoms with Gasteiger partial charge >= 0.3 is 0 Å². The molecule has 0 radical (unpaired) electrons. The summed E-state index contributed by atoms with van der Waals surface area (Å²) in [4.78, 5) is 0. The molecule has 0 atom stereocenters. The van der Waals surface area contributed by atoms with Crippen LogP contribution in [-0.2, 0) is 22.7 Å². The highest BCUT2D eigenvalue weighted by Crippen LogP contribution is 2.45. The van der Waals surface area contributed by atoms with Crippen LogP contribution in [0.1, 0.15) is 25.0 Å².